The first-order chi connectivity index (χ1) is 8.18. The lowest BCUT2D eigenvalue weighted by Crippen LogP contribution is -2.29. The van der Waals surface area contributed by atoms with Crippen LogP contribution in [-0.2, 0) is 33.1 Å². The minimum atomic E-state index is -3.81. The first-order valence-electron chi connectivity index (χ1n) is 4.51. The van der Waals surface area contributed by atoms with Gasteiger partial charge in [-0.15, -0.1) is 0 Å². The van der Waals surface area contributed by atoms with Crippen molar-refractivity contribution in [2.24, 2.45) is 5.92 Å². The lowest BCUT2D eigenvalue weighted by atomic mass is 10.2. The Kier molecular flexibility index (Phi) is 15.8. The number of carbonyl (C=O) groups excluding carboxylic acids is 1. The fourth-order valence-corrected chi connectivity index (χ4v) is 0.347. The molecule has 0 bridgehead atoms. The Morgan fingerprint density at radius 1 is 1.11 bits per heavy atom. The minimum absolute atomic E-state index is 0.0249. The molecule has 0 saturated carbocycles. The highest BCUT2D eigenvalue weighted by Crippen LogP contribution is 2.26. The van der Waals surface area contributed by atoms with Crippen LogP contribution in [0.3, 0.4) is 0 Å². The summed E-state index contributed by atoms with van der Waals surface area (Å²) in [5.41, 5.74) is 0. The van der Waals surface area contributed by atoms with Crippen LogP contribution in [0.1, 0.15) is 13.8 Å². The lowest BCUT2D eigenvalue weighted by Gasteiger charge is -2.04. The molecule has 9 nitrogen and oxygen atoms in total. The van der Waals surface area contributed by atoms with E-state index >= 15 is 0 Å². The summed E-state index contributed by atoms with van der Waals surface area (Å²) in [6.07, 6.45) is 0. The predicted molar refractivity (Wildman–Crippen MR) is 76.7 cm³/mol. The molecule has 0 unspecified atom stereocenters. The second kappa shape index (κ2) is 12.2. The van der Waals surface area contributed by atoms with Crippen molar-refractivity contribution < 1.29 is 38.9 Å². The number of amides is 1. The first kappa shape index (κ1) is 24.5. The van der Waals surface area contributed by atoms with Gasteiger partial charge in [-0.25, -0.2) is 0 Å². The third-order valence-corrected chi connectivity index (χ3v) is 0.915. The maximum absolute atomic E-state index is 10.7. The van der Waals surface area contributed by atoms with Crippen molar-refractivity contribution in [2.45, 2.75) is 13.8 Å². The van der Waals surface area contributed by atoms with Crippen molar-refractivity contribution in [3.8, 4) is 0 Å². The second-order valence-electron chi connectivity index (χ2n) is 3.16. The Hall–Kier alpha value is 0.490. The number of hydrogen-bond donors (Lipinski definition) is 7. The fourth-order valence-electron chi connectivity index (χ4n) is 0.347. The molecule has 7 N–H and O–H groups in total. The van der Waals surface area contributed by atoms with E-state index in [2.05, 4.69) is 33.7 Å². The molecular formula is C6H19NO8P2S2. The summed E-state index contributed by atoms with van der Waals surface area (Å²) in [4.78, 5) is 56.1. The van der Waals surface area contributed by atoms with Gasteiger partial charge >= 0.3 is 13.4 Å². The maximum Gasteiger partial charge on any atom is 0.319 e. The molecule has 0 aliphatic heterocycles. The van der Waals surface area contributed by atoms with E-state index in [-0.39, 0.29) is 11.8 Å². The topological polar surface area (TPSA) is 160 Å². The molecule has 0 fully saturated rings. The molecule has 13 heteroatoms. The number of rotatable bonds is 3. The zero-order valence-electron chi connectivity index (χ0n) is 10.5. The van der Waals surface area contributed by atoms with Crippen LogP contribution in [0.2, 0.25) is 0 Å². The van der Waals surface area contributed by atoms with Gasteiger partial charge < -0.3 is 39.4 Å². The SMILES string of the molecule is COCNC(=O)C(C)C.OP(O)(O)=S.OP(O)(O)=S. The normalized spacial score (nSPS) is 10.8. The van der Waals surface area contributed by atoms with Gasteiger partial charge in [0.05, 0.1) is 0 Å². The fraction of sp³-hybridized carbons (Fsp3) is 0.833. The standard InChI is InChI=1S/C6H13NO2.2H3O3PS/c1-5(2)6(8)7-4-9-3;2*1-4(2,3)5/h5H,4H2,1-3H3,(H,7,8);2*(H3,1,2,3,5). The van der Waals surface area contributed by atoms with Gasteiger partial charge in [0.15, 0.2) is 0 Å². The number of carbonyl (C=O) groups is 1. The van der Waals surface area contributed by atoms with Crippen LogP contribution in [0.4, 0.5) is 0 Å². The molecule has 118 valence electrons. The summed E-state index contributed by atoms with van der Waals surface area (Å²) >= 11 is 7.21. The molecular weight excluding hydrogens is 340 g/mol. The van der Waals surface area contributed by atoms with Gasteiger partial charge in [0.1, 0.15) is 6.73 Å². The Morgan fingerprint density at radius 3 is 1.53 bits per heavy atom. The molecule has 0 radical (unpaired) electrons. The molecule has 0 spiro atoms. The predicted octanol–water partition coefficient (Wildman–Crippen LogP) is -1.26. The summed E-state index contributed by atoms with van der Waals surface area (Å²) in [7, 11) is 1.54. The molecule has 0 aromatic carbocycles. The number of hydrogen-bond acceptors (Lipinski definition) is 4. The van der Waals surface area contributed by atoms with Crippen LogP contribution in [0.25, 0.3) is 0 Å². The van der Waals surface area contributed by atoms with E-state index < -0.39 is 13.4 Å². The summed E-state index contributed by atoms with van der Waals surface area (Å²) in [5, 5.41) is 2.57. The van der Waals surface area contributed by atoms with E-state index in [1.807, 2.05) is 13.8 Å². The highest BCUT2D eigenvalue weighted by Gasteiger charge is 2.03. The van der Waals surface area contributed by atoms with Gasteiger partial charge in [0.2, 0.25) is 5.91 Å². The summed E-state index contributed by atoms with van der Waals surface area (Å²) in [6.45, 7) is -3.63. The number of nitrogens with one attached hydrogen (secondary N) is 1. The molecule has 0 atom stereocenters. The Balaban J connectivity index is -0.000000219. The Labute approximate surface area is 121 Å². The van der Waals surface area contributed by atoms with Crippen LogP contribution in [0.5, 0.6) is 0 Å². The van der Waals surface area contributed by atoms with Crippen LogP contribution >= 0.6 is 13.4 Å². The van der Waals surface area contributed by atoms with Crippen molar-refractivity contribution >= 4 is 43.0 Å². The van der Waals surface area contributed by atoms with Crippen molar-refractivity contribution in [1.29, 1.82) is 0 Å². The quantitative estimate of drug-likeness (QED) is 0.239. The summed E-state index contributed by atoms with van der Waals surface area (Å²) in [6, 6.07) is 0. The maximum atomic E-state index is 10.7. The van der Waals surface area contributed by atoms with Crippen molar-refractivity contribution in [3.63, 3.8) is 0 Å². The zero-order chi connectivity index (χ0) is 16.3. The van der Waals surface area contributed by atoms with Crippen molar-refractivity contribution in [2.75, 3.05) is 13.8 Å². The van der Waals surface area contributed by atoms with Crippen LogP contribution < -0.4 is 5.32 Å². The van der Waals surface area contributed by atoms with E-state index in [1.165, 1.54) is 0 Å². The van der Waals surface area contributed by atoms with Gasteiger partial charge in [-0.1, -0.05) is 13.8 Å². The van der Waals surface area contributed by atoms with E-state index in [9.17, 15) is 4.79 Å². The average molecular weight is 359 g/mol. The van der Waals surface area contributed by atoms with E-state index in [0.29, 0.717) is 6.73 Å². The molecule has 0 heterocycles. The Bertz CT molecular complexity index is 291. The molecule has 0 saturated heterocycles. The molecule has 0 rings (SSSR count). The molecule has 0 aromatic heterocycles. The number of ether oxygens (including phenoxy) is 1. The first-order valence-corrected chi connectivity index (χ1v) is 9.83. The third kappa shape index (κ3) is 69.8. The van der Waals surface area contributed by atoms with Gasteiger partial charge in [0, 0.05) is 13.0 Å². The van der Waals surface area contributed by atoms with Gasteiger partial charge in [-0.2, -0.15) is 0 Å². The largest absolute Gasteiger partial charge is 0.364 e. The van der Waals surface area contributed by atoms with Crippen molar-refractivity contribution in [3.05, 3.63) is 0 Å². The van der Waals surface area contributed by atoms with Crippen molar-refractivity contribution in [1.82, 2.24) is 5.32 Å². The van der Waals surface area contributed by atoms with E-state index in [4.69, 9.17) is 29.4 Å². The zero-order valence-corrected chi connectivity index (χ0v) is 13.9. The van der Waals surface area contributed by atoms with Crippen LogP contribution in [0.15, 0.2) is 0 Å². The molecule has 1 amide bonds. The van der Waals surface area contributed by atoms with Crippen LogP contribution in [0, 0.1) is 5.92 Å². The molecule has 0 aliphatic carbocycles. The average Bonchev–Trinajstić information content (AvgIpc) is 2.08. The highest BCUT2D eigenvalue weighted by atomic mass is 32.5. The van der Waals surface area contributed by atoms with Gasteiger partial charge in [-0.05, 0) is 23.6 Å². The monoisotopic (exact) mass is 359 g/mol. The minimum Gasteiger partial charge on any atom is -0.364 e. The molecule has 0 aromatic rings. The highest BCUT2D eigenvalue weighted by molar-refractivity contribution is 8.06. The third-order valence-electron chi connectivity index (χ3n) is 0.915. The summed E-state index contributed by atoms with van der Waals surface area (Å²) in [5.74, 6) is 0.0667. The second-order valence-corrected chi connectivity index (χ2v) is 8.15. The lowest BCUT2D eigenvalue weighted by molar-refractivity contribution is -0.125. The van der Waals surface area contributed by atoms with E-state index in [1.54, 1.807) is 7.11 Å². The van der Waals surface area contributed by atoms with Gasteiger partial charge in [-0.3, -0.25) is 4.79 Å². The molecule has 0 aliphatic rings. The molecule has 19 heavy (non-hydrogen) atoms. The van der Waals surface area contributed by atoms with E-state index in [0.717, 1.165) is 0 Å². The smallest absolute Gasteiger partial charge is 0.319 e. The Morgan fingerprint density at radius 2 is 1.37 bits per heavy atom. The summed E-state index contributed by atoms with van der Waals surface area (Å²) < 4.78 is 4.63. The van der Waals surface area contributed by atoms with Crippen LogP contribution in [-0.4, -0.2) is 49.1 Å². The van der Waals surface area contributed by atoms with Gasteiger partial charge in [0.25, 0.3) is 0 Å². The number of methoxy groups -OCH3 is 1.